The molecule has 0 saturated carbocycles. The van der Waals surface area contributed by atoms with E-state index in [1.165, 1.54) is 12.1 Å². The smallest absolute Gasteiger partial charge is 0.243 e. The van der Waals surface area contributed by atoms with E-state index in [4.69, 9.17) is 11.1 Å². The average molecular weight is 808 g/mol. The molecule has 2 atom stereocenters. The Bertz CT molecular complexity index is 2180. The summed E-state index contributed by atoms with van der Waals surface area (Å²) in [5.74, 6) is -1.61. The number of fused-ring (bicyclic) bond motifs is 3. The maximum atomic E-state index is 14.2. The molecule has 8 N–H and O–H groups in total. The minimum absolute atomic E-state index is 0.0315. The molecule has 5 heterocycles. The fourth-order valence-corrected chi connectivity index (χ4v) is 7.98. The quantitative estimate of drug-likeness (QED) is 0.107. The maximum absolute atomic E-state index is 14.2. The number of rotatable bonds is 7. The highest BCUT2D eigenvalue weighted by atomic mass is 32.2. The van der Waals surface area contributed by atoms with Gasteiger partial charge < -0.3 is 36.8 Å². The Morgan fingerprint density at radius 3 is 1.74 bits per heavy atom. The zero-order chi connectivity index (χ0) is 41.1. The Kier molecular flexibility index (Phi) is 14.0. The number of nitrogen functional groups attached to an aromatic ring is 1. The van der Waals surface area contributed by atoms with Crippen molar-refractivity contribution in [2.75, 3.05) is 49.9 Å². The van der Waals surface area contributed by atoms with Crippen molar-refractivity contribution in [1.29, 1.82) is 5.41 Å². The number of carbonyl (C=O) groups excluding carboxylic acids is 4. The molecule has 0 unspecified atom stereocenters. The van der Waals surface area contributed by atoms with Crippen molar-refractivity contribution in [3.8, 4) is 0 Å². The zero-order valence-corrected chi connectivity index (χ0v) is 32.9. The van der Waals surface area contributed by atoms with Crippen LogP contribution in [0.1, 0.15) is 35.1 Å². The van der Waals surface area contributed by atoms with Gasteiger partial charge in [-0.3, -0.25) is 24.6 Å². The van der Waals surface area contributed by atoms with Crippen molar-refractivity contribution in [2.45, 2.75) is 49.2 Å². The predicted molar refractivity (Wildman–Crippen MR) is 221 cm³/mol. The summed E-state index contributed by atoms with van der Waals surface area (Å²) < 4.78 is 29.7. The summed E-state index contributed by atoms with van der Waals surface area (Å²) in [6.45, 7) is 4.49. The zero-order valence-electron chi connectivity index (χ0n) is 32.1. The number of sulfonamides is 1. The van der Waals surface area contributed by atoms with Crippen molar-refractivity contribution in [3.05, 3.63) is 125 Å². The first kappa shape index (κ1) is 41.7. The third-order valence-electron chi connectivity index (χ3n) is 10.2. The molecule has 5 aliphatic heterocycles. The first-order chi connectivity index (χ1) is 27.9. The molecular weight excluding hydrogens is 759 g/mol. The van der Waals surface area contributed by atoms with Gasteiger partial charge >= 0.3 is 0 Å². The number of nitrogens with two attached hydrogens (primary N) is 1. The van der Waals surface area contributed by atoms with Crippen LogP contribution in [0.2, 0.25) is 0 Å². The summed E-state index contributed by atoms with van der Waals surface area (Å²) in [5.41, 5.74) is 9.29. The molecule has 9 rings (SSSR count). The van der Waals surface area contributed by atoms with Gasteiger partial charge in [0.25, 0.3) is 0 Å². The van der Waals surface area contributed by atoms with E-state index in [9.17, 15) is 27.6 Å². The number of carbonyl (C=O) groups is 4. The lowest BCUT2D eigenvalue weighted by Crippen LogP contribution is -2.55. The molecule has 1 fully saturated rings. The van der Waals surface area contributed by atoms with Gasteiger partial charge in [0.05, 0.1) is 4.90 Å². The van der Waals surface area contributed by atoms with Crippen molar-refractivity contribution >= 4 is 50.9 Å². The second kappa shape index (κ2) is 19.5. The molecule has 4 aromatic rings. The lowest BCUT2D eigenvalue weighted by Gasteiger charge is -2.34. The van der Waals surface area contributed by atoms with Crippen LogP contribution in [0, 0.1) is 5.41 Å². The van der Waals surface area contributed by atoms with E-state index in [0.717, 1.165) is 31.7 Å². The molecule has 0 spiro atoms. The molecule has 16 heteroatoms. The summed E-state index contributed by atoms with van der Waals surface area (Å²) in [4.78, 5) is 58.2. The van der Waals surface area contributed by atoms with Crippen LogP contribution in [0.4, 0.5) is 11.4 Å². The molecule has 4 aromatic carbocycles. The third kappa shape index (κ3) is 12.0. The van der Waals surface area contributed by atoms with E-state index in [1.807, 2.05) is 0 Å². The molecule has 0 aliphatic carbocycles. The Labute approximate surface area is 338 Å². The molecular formula is C42H49N9O6S. The van der Waals surface area contributed by atoms with Gasteiger partial charge in [-0.25, -0.2) is 8.42 Å². The Hall–Kier alpha value is -5.94. The largest absolute Gasteiger partial charge is 0.384 e. The van der Waals surface area contributed by atoms with Crippen LogP contribution in [0.3, 0.4) is 0 Å². The average Bonchev–Trinajstić information content (AvgIpc) is 3.22. The normalized spacial score (nSPS) is 21.1. The molecule has 304 valence electrons. The predicted octanol–water partition coefficient (Wildman–Crippen LogP) is 2.19. The molecule has 0 radical (unpaired) electrons. The second-order valence-electron chi connectivity index (χ2n) is 14.5. The first-order valence-corrected chi connectivity index (χ1v) is 20.7. The standard InChI is InChI=1S/C42H49N9O6S/c43-40(44)32-12-6-31(7-13-32)28-45-41(54)36-26-29-8-14-33(15-9-29)46-38(52)18-20-50-22-24-51(25-23-50)21-19-39(53)47-34-16-10-30(11-17-34)27-37(42(55)48-36)49-58(56,57)35-4-2-1-3-5-35/h1-17,36-37,49H,18-28H2,(H3,43,44)(H,45,54)(H,46,52)(H,47,53)(H,48,55)/t36-,37+/m0/s1. The van der Waals surface area contributed by atoms with Gasteiger partial charge in [-0.05, 0) is 59.5 Å². The molecule has 6 bridgehead atoms. The van der Waals surface area contributed by atoms with E-state index in [-0.39, 0.29) is 41.9 Å². The summed E-state index contributed by atoms with van der Waals surface area (Å²) in [5, 5.41) is 19.2. The highest BCUT2D eigenvalue weighted by molar-refractivity contribution is 7.89. The van der Waals surface area contributed by atoms with E-state index in [2.05, 4.69) is 35.8 Å². The molecule has 15 nitrogen and oxygen atoms in total. The Morgan fingerprint density at radius 2 is 1.22 bits per heavy atom. The van der Waals surface area contributed by atoms with Crippen LogP contribution < -0.4 is 31.7 Å². The van der Waals surface area contributed by atoms with Crippen LogP contribution in [0.15, 0.2) is 108 Å². The van der Waals surface area contributed by atoms with E-state index in [1.54, 1.807) is 91.0 Å². The number of nitrogens with one attached hydrogen (secondary N) is 6. The number of piperazine rings is 1. The van der Waals surface area contributed by atoms with Crippen LogP contribution in [0.5, 0.6) is 0 Å². The number of nitrogens with zero attached hydrogens (tertiary/aromatic N) is 2. The van der Waals surface area contributed by atoms with E-state index >= 15 is 0 Å². The number of amidine groups is 1. The Balaban J connectivity index is 1.27. The minimum atomic E-state index is -4.18. The summed E-state index contributed by atoms with van der Waals surface area (Å²) >= 11 is 0. The fraction of sp³-hybridized carbons (Fsp3) is 0.310. The molecule has 5 aliphatic rings. The third-order valence-corrected chi connectivity index (χ3v) is 11.6. The van der Waals surface area contributed by atoms with Gasteiger partial charge in [-0.1, -0.05) is 66.7 Å². The van der Waals surface area contributed by atoms with Gasteiger partial charge in [0.2, 0.25) is 33.7 Å². The van der Waals surface area contributed by atoms with Crippen LogP contribution in [0.25, 0.3) is 0 Å². The number of benzene rings is 4. The van der Waals surface area contributed by atoms with Crippen molar-refractivity contribution in [2.24, 2.45) is 5.73 Å². The van der Waals surface area contributed by atoms with Crippen LogP contribution in [-0.2, 0) is 48.6 Å². The van der Waals surface area contributed by atoms with Gasteiger partial charge in [0.15, 0.2) is 0 Å². The van der Waals surface area contributed by atoms with Crippen LogP contribution in [-0.4, -0.2) is 99.0 Å². The van der Waals surface area contributed by atoms with Crippen molar-refractivity contribution in [3.63, 3.8) is 0 Å². The Morgan fingerprint density at radius 1 is 0.707 bits per heavy atom. The summed E-state index contributed by atoms with van der Waals surface area (Å²) in [6, 6.07) is 25.9. The lowest BCUT2D eigenvalue weighted by molar-refractivity contribution is -0.129. The van der Waals surface area contributed by atoms with Gasteiger partial charge in [-0.15, -0.1) is 0 Å². The minimum Gasteiger partial charge on any atom is -0.384 e. The lowest BCUT2D eigenvalue weighted by atomic mass is 10.0. The fourth-order valence-electron chi connectivity index (χ4n) is 6.76. The van der Waals surface area contributed by atoms with Gasteiger partial charge in [0.1, 0.15) is 17.9 Å². The molecule has 58 heavy (non-hydrogen) atoms. The topological polar surface area (TPSA) is 219 Å². The SMILES string of the molecule is N=C(N)c1ccc(CNC(=O)[C@@H]2Cc3ccc(cc3)NC(=O)CCN3CCN(CCC(=O)Nc4ccc(cc4)C[C@@H](NS(=O)(=O)c4ccccc4)C(=O)N2)CC3)cc1. The first-order valence-electron chi connectivity index (χ1n) is 19.2. The number of hydrogen-bond acceptors (Lipinski definition) is 9. The molecule has 4 amide bonds. The van der Waals surface area contributed by atoms with E-state index in [0.29, 0.717) is 54.0 Å². The number of anilines is 2. The summed E-state index contributed by atoms with van der Waals surface area (Å²) in [6.07, 6.45) is 0.591. The maximum Gasteiger partial charge on any atom is 0.243 e. The highest BCUT2D eigenvalue weighted by Crippen LogP contribution is 2.17. The monoisotopic (exact) mass is 807 g/mol. The molecule has 1 saturated heterocycles. The van der Waals surface area contributed by atoms with Gasteiger partial charge in [0, 0.05) is 82.0 Å². The highest BCUT2D eigenvalue weighted by Gasteiger charge is 2.30. The number of amides is 4. The number of hydrogen-bond donors (Lipinski definition) is 7. The van der Waals surface area contributed by atoms with Gasteiger partial charge in [-0.2, -0.15) is 4.72 Å². The van der Waals surface area contributed by atoms with Crippen molar-refractivity contribution in [1.82, 2.24) is 25.2 Å². The summed E-state index contributed by atoms with van der Waals surface area (Å²) in [7, 11) is -4.18. The van der Waals surface area contributed by atoms with Crippen molar-refractivity contribution < 1.29 is 27.6 Å². The second-order valence-corrected chi connectivity index (χ2v) is 16.2. The van der Waals surface area contributed by atoms with Crippen LogP contribution >= 0.6 is 0 Å². The molecule has 0 aromatic heterocycles. The van der Waals surface area contributed by atoms with E-state index < -0.39 is 33.9 Å².